The van der Waals surface area contributed by atoms with Crippen molar-refractivity contribution in [1.29, 1.82) is 0 Å². The summed E-state index contributed by atoms with van der Waals surface area (Å²) in [6.07, 6.45) is 8.63. The quantitative estimate of drug-likeness (QED) is 0.465. The van der Waals surface area contributed by atoms with Crippen LogP contribution < -0.4 is 10.5 Å². The molecule has 0 aromatic carbocycles. The number of hydrogen-bond acceptors (Lipinski definition) is 7. The molecule has 3 aromatic heterocycles. The van der Waals surface area contributed by atoms with E-state index in [2.05, 4.69) is 15.1 Å². The molecule has 4 heterocycles. The first-order valence-corrected chi connectivity index (χ1v) is 11.3. The lowest BCUT2D eigenvalue weighted by atomic mass is 9.97. The molecule has 0 radical (unpaired) electrons. The van der Waals surface area contributed by atoms with E-state index in [0.29, 0.717) is 43.3 Å². The van der Waals surface area contributed by atoms with Crippen LogP contribution in [0.3, 0.4) is 0 Å². The molecule has 30 heavy (non-hydrogen) atoms. The summed E-state index contributed by atoms with van der Waals surface area (Å²) in [4.78, 5) is 24.1. The van der Waals surface area contributed by atoms with Crippen LogP contribution in [0.15, 0.2) is 22.3 Å². The molecule has 0 bridgehead atoms. The van der Waals surface area contributed by atoms with Crippen molar-refractivity contribution in [2.75, 3.05) is 30.9 Å². The van der Waals surface area contributed by atoms with E-state index in [1.165, 1.54) is 16.2 Å². The summed E-state index contributed by atoms with van der Waals surface area (Å²) < 4.78 is 24.6. The lowest BCUT2D eigenvalue weighted by Gasteiger charge is -2.33. The summed E-state index contributed by atoms with van der Waals surface area (Å²) in [7, 11) is 1.85. The van der Waals surface area contributed by atoms with Crippen molar-refractivity contribution in [3.8, 4) is 0 Å². The average Bonchev–Trinajstić information content (AvgIpc) is 3.21. The van der Waals surface area contributed by atoms with E-state index in [4.69, 9.17) is 4.74 Å². The molecule has 8 nitrogen and oxygen atoms in total. The highest BCUT2D eigenvalue weighted by Gasteiger charge is 2.29. The molecule has 1 atom stereocenters. The first-order valence-electron chi connectivity index (χ1n) is 10.1. The van der Waals surface area contributed by atoms with Gasteiger partial charge in [0.15, 0.2) is 16.6 Å². The molecule has 158 valence electrons. The normalized spacial score (nSPS) is 19.3. The van der Waals surface area contributed by atoms with Gasteiger partial charge in [0.25, 0.3) is 5.56 Å². The van der Waals surface area contributed by atoms with Crippen LogP contribution in [0.4, 0.5) is 10.2 Å². The molecule has 1 fully saturated rings. The van der Waals surface area contributed by atoms with Crippen molar-refractivity contribution >= 4 is 23.2 Å². The molecule has 2 aliphatic rings. The SMILES string of the molecule is CSc1nc(N2CCO[C@@H](c3cnn(C)c3)C2)c(F)c2nc3c(c(=O)n12)CCCC3. The molecule has 10 heteroatoms. The van der Waals surface area contributed by atoms with Gasteiger partial charge in [-0.15, -0.1) is 0 Å². The van der Waals surface area contributed by atoms with E-state index in [1.807, 2.05) is 24.4 Å². The van der Waals surface area contributed by atoms with E-state index in [0.717, 1.165) is 24.1 Å². The number of aryl methyl sites for hydroxylation is 2. The zero-order chi connectivity index (χ0) is 20.8. The summed E-state index contributed by atoms with van der Waals surface area (Å²) >= 11 is 1.32. The summed E-state index contributed by atoms with van der Waals surface area (Å²) in [6.45, 7) is 1.42. The van der Waals surface area contributed by atoms with Gasteiger partial charge in [0.2, 0.25) is 5.82 Å². The third-order valence-electron chi connectivity index (χ3n) is 5.78. The Hall–Kier alpha value is -2.46. The number of morpholine rings is 1. The van der Waals surface area contributed by atoms with Crippen LogP contribution in [0, 0.1) is 5.82 Å². The lowest BCUT2D eigenvalue weighted by Crippen LogP contribution is -2.40. The first kappa shape index (κ1) is 19.5. The van der Waals surface area contributed by atoms with Gasteiger partial charge in [-0.1, -0.05) is 11.8 Å². The topological polar surface area (TPSA) is 77.5 Å². The Labute approximate surface area is 177 Å². The zero-order valence-electron chi connectivity index (χ0n) is 17.0. The Balaban J connectivity index is 1.61. The second kappa shape index (κ2) is 7.66. The van der Waals surface area contributed by atoms with Crippen molar-refractivity contribution in [1.82, 2.24) is 24.1 Å². The first-order chi connectivity index (χ1) is 14.6. The van der Waals surface area contributed by atoms with Crippen LogP contribution in [0.1, 0.15) is 35.8 Å². The summed E-state index contributed by atoms with van der Waals surface area (Å²) in [5, 5.41) is 4.66. The minimum absolute atomic E-state index is 0.0689. The minimum atomic E-state index is -0.551. The highest BCUT2D eigenvalue weighted by molar-refractivity contribution is 7.98. The average molecular weight is 431 g/mol. The van der Waals surface area contributed by atoms with Gasteiger partial charge < -0.3 is 9.64 Å². The third kappa shape index (κ3) is 3.18. The van der Waals surface area contributed by atoms with Crippen LogP contribution in [0.25, 0.3) is 5.65 Å². The van der Waals surface area contributed by atoms with Gasteiger partial charge in [-0.3, -0.25) is 9.48 Å². The Morgan fingerprint density at radius 1 is 1.27 bits per heavy atom. The third-order valence-corrected chi connectivity index (χ3v) is 6.42. The molecule has 1 aliphatic heterocycles. The fourth-order valence-corrected chi connectivity index (χ4v) is 4.79. The molecule has 0 spiro atoms. The largest absolute Gasteiger partial charge is 0.370 e. The minimum Gasteiger partial charge on any atom is -0.370 e. The molecule has 1 aliphatic carbocycles. The smallest absolute Gasteiger partial charge is 0.263 e. The predicted octanol–water partition coefficient (Wildman–Crippen LogP) is 2.14. The molecule has 3 aromatic rings. The number of aromatic nitrogens is 5. The molecule has 0 unspecified atom stereocenters. The Kier molecular flexibility index (Phi) is 4.98. The molecule has 0 amide bonds. The maximum absolute atomic E-state index is 15.7. The van der Waals surface area contributed by atoms with E-state index in [9.17, 15) is 4.79 Å². The Morgan fingerprint density at radius 3 is 2.87 bits per heavy atom. The van der Waals surface area contributed by atoms with Crippen LogP contribution in [0.5, 0.6) is 0 Å². The molecule has 5 rings (SSSR count). The summed E-state index contributed by atoms with van der Waals surface area (Å²) in [5.74, 6) is -0.329. The second-order valence-electron chi connectivity index (χ2n) is 7.70. The lowest BCUT2D eigenvalue weighted by molar-refractivity contribution is 0.0392. The van der Waals surface area contributed by atoms with Crippen molar-refractivity contribution in [3.63, 3.8) is 0 Å². The van der Waals surface area contributed by atoms with E-state index in [1.54, 1.807) is 10.9 Å². The number of anilines is 1. The number of fused-ring (bicyclic) bond motifs is 2. The maximum Gasteiger partial charge on any atom is 0.263 e. The van der Waals surface area contributed by atoms with Gasteiger partial charge in [-0.05, 0) is 31.9 Å². The number of hydrogen-bond donors (Lipinski definition) is 0. The number of ether oxygens (including phenoxy) is 1. The van der Waals surface area contributed by atoms with Gasteiger partial charge in [0.05, 0.1) is 25.0 Å². The standard InChI is InChI=1S/C20H23FN6O2S/c1-25-10-12(9-22-25)15-11-26(7-8-29-15)17-16(21)18-23-14-6-4-3-5-13(14)19(28)27(18)20(24-17)30-2/h9-10,15H,3-8,11H2,1-2H3/t15-/m1/s1. The van der Waals surface area contributed by atoms with Gasteiger partial charge in [-0.2, -0.15) is 9.49 Å². The van der Waals surface area contributed by atoms with Crippen molar-refractivity contribution in [2.45, 2.75) is 36.9 Å². The highest BCUT2D eigenvalue weighted by atomic mass is 32.2. The Morgan fingerprint density at radius 2 is 2.10 bits per heavy atom. The van der Waals surface area contributed by atoms with E-state index < -0.39 is 5.82 Å². The van der Waals surface area contributed by atoms with Crippen molar-refractivity contribution in [2.24, 2.45) is 7.05 Å². The van der Waals surface area contributed by atoms with Gasteiger partial charge in [0.1, 0.15) is 6.10 Å². The zero-order valence-corrected chi connectivity index (χ0v) is 17.8. The second-order valence-corrected chi connectivity index (χ2v) is 8.47. The van der Waals surface area contributed by atoms with Gasteiger partial charge in [0, 0.05) is 30.9 Å². The monoisotopic (exact) mass is 430 g/mol. The summed E-state index contributed by atoms with van der Waals surface area (Å²) in [6, 6.07) is 0. The van der Waals surface area contributed by atoms with Crippen molar-refractivity contribution in [3.05, 3.63) is 45.4 Å². The fraction of sp³-hybridized carbons (Fsp3) is 0.500. The molecular weight excluding hydrogens is 407 g/mol. The number of thioether (sulfide) groups is 1. The van der Waals surface area contributed by atoms with Crippen LogP contribution in [-0.4, -0.2) is 50.1 Å². The Bertz CT molecular complexity index is 1180. The van der Waals surface area contributed by atoms with E-state index >= 15 is 4.39 Å². The van der Waals surface area contributed by atoms with Crippen LogP contribution in [-0.2, 0) is 24.6 Å². The number of nitrogens with zero attached hydrogens (tertiary/aromatic N) is 6. The molecule has 1 saturated heterocycles. The number of halogens is 1. The molecule has 0 saturated carbocycles. The van der Waals surface area contributed by atoms with Gasteiger partial charge in [-0.25, -0.2) is 14.4 Å². The van der Waals surface area contributed by atoms with Crippen molar-refractivity contribution < 1.29 is 9.13 Å². The van der Waals surface area contributed by atoms with Crippen LogP contribution in [0.2, 0.25) is 0 Å². The van der Waals surface area contributed by atoms with E-state index in [-0.39, 0.29) is 23.1 Å². The summed E-state index contributed by atoms with van der Waals surface area (Å²) in [5.41, 5.74) is 2.25. The van der Waals surface area contributed by atoms with Gasteiger partial charge >= 0.3 is 0 Å². The van der Waals surface area contributed by atoms with Crippen LogP contribution >= 0.6 is 11.8 Å². The maximum atomic E-state index is 15.7. The highest BCUT2D eigenvalue weighted by Crippen LogP contribution is 2.30. The fourth-order valence-electron chi connectivity index (χ4n) is 4.26. The molecule has 0 N–H and O–H groups in total. The predicted molar refractivity (Wildman–Crippen MR) is 112 cm³/mol. The number of rotatable bonds is 3. The molecular formula is C20H23FN6O2S.